The molecule has 13 rings (SSSR count). The molecule has 13 aromatic heterocycles. The van der Waals surface area contributed by atoms with E-state index in [-0.39, 0.29) is 24.1 Å². The number of imidazole rings is 4. The maximum absolute atomic E-state index is 10.5. The summed E-state index contributed by atoms with van der Waals surface area (Å²) in [5.74, 6) is 0.923. The van der Waals surface area contributed by atoms with Gasteiger partial charge in [0.2, 0.25) is 10.8 Å². The van der Waals surface area contributed by atoms with Crippen molar-refractivity contribution >= 4 is 64.3 Å². The molecule has 0 aliphatic rings. The highest BCUT2D eigenvalue weighted by Crippen LogP contribution is 2.32. The minimum Gasteiger partial charge on any atom is -0.481 e. The number of aliphatic carboxylic acids is 1. The Morgan fingerprint density at radius 2 is 0.879 bits per heavy atom. The van der Waals surface area contributed by atoms with Crippen LogP contribution in [0.3, 0.4) is 0 Å². The molecule has 0 bridgehead atoms. The van der Waals surface area contributed by atoms with Gasteiger partial charge in [-0.05, 0) is 318 Å². The monoisotopic (exact) mass is 1750 g/mol. The summed E-state index contributed by atoms with van der Waals surface area (Å²) in [4.78, 5) is 99.0. The molecule has 13 heterocycles. The van der Waals surface area contributed by atoms with Gasteiger partial charge in [0.1, 0.15) is 51.6 Å². The van der Waals surface area contributed by atoms with Gasteiger partial charge in [-0.1, -0.05) is 19.6 Å². The van der Waals surface area contributed by atoms with Crippen molar-refractivity contribution in [1.82, 2.24) is 94.7 Å². The van der Waals surface area contributed by atoms with Crippen molar-refractivity contribution in [1.29, 1.82) is 0 Å². The Labute approximate surface area is 745 Å². The molecule has 32 heteroatoms. The minimum absolute atomic E-state index is 0. The number of oxazole rings is 1. The van der Waals surface area contributed by atoms with Crippen LogP contribution in [0, 0.1) is 235 Å². The minimum atomic E-state index is -1.13. The number of thiocarbonyl (C=S) groups is 1. The van der Waals surface area contributed by atoms with E-state index in [2.05, 4.69) is 254 Å². The highest BCUT2D eigenvalue weighted by atomic mass is 32.1. The molecule has 124 heavy (non-hydrogen) atoms. The number of carboxylic acid groups (broad SMARTS) is 4. The van der Waals surface area contributed by atoms with E-state index in [0.29, 0.717) is 21.5 Å². The zero-order valence-corrected chi connectivity index (χ0v) is 81.4. The quantitative estimate of drug-likeness (QED) is 0.0384. The molecule has 0 spiro atoms. The molecular formula is C92H129N20O9S3+. The van der Waals surface area contributed by atoms with Gasteiger partial charge in [0.25, 0.3) is 5.97 Å². The number of carbonyl (C=O) groups is 4. The van der Waals surface area contributed by atoms with Crippen molar-refractivity contribution in [3.05, 3.63) is 214 Å². The van der Waals surface area contributed by atoms with E-state index >= 15 is 0 Å². The van der Waals surface area contributed by atoms with Crippen molar-refractivity contribution in [3.63, 3.8) is 0 Å². The summed E-state index contributed by atoms with van der Waals surface area (Å²) in [6, 6.07) is 2.10. The molecule has 0 aliphatic heterocycles. The van der Waals surface area contributed by atoms with E-state index in [1.54, 1.807) is 46.2 Å². The van der Waals surface area contributed by atoms with Crippen LogP contribution in [-0.4, -0.2) is 143 Å². The largest absolute Gasteiger partial charge is 0.481 e. The molecule has 0 saturated carbocycles. The van der Waals surface area contributed by atoms with Crippen LogP contribution in [0.25, 0.3) is 57.3 Å². The third kappa shape index (κ3) is 27.6. The van der Waals surface area contributed by atoms with Gasteiger partial charge in [-0.15, -0.1) is 24.0 Å². The Balaban J connectivity index is 0.000000363. The van der Waals surface area contributed by atoms with Gasteiger partial charge >= 0.3 is 29.6 Å². The fourth-order valence-corrected chi connectivity index (χ4v) is 12.7. The van der Waals surface area contributed by atoms with Crippen LogP contribution in [-0.2, 0) is 18.9 Å². The lowest BCUT2D eigenvalue weighted by Crippen LogP contribution is -2.32. The second-order valence-electron chi connectivity index (χ2n) is 30.6. The zero-order valence-electron chi connectivity index (χ0n) is 78.9. The molecule has 0 radical (unpaired) electrons. The fourth-order valence-electron chi connectivity index (χ4n) is 12.0. The molecule has 0 aromatic carbocycles. The van der Waals surface area contributed by atoms with Gasteiger partial charge < -0.3 is 39.4 Å². The lowest BCUT2D eigenvalue weighted by Gasteiger charge is -2.12. The van der Waals surface area contributed by atoms with Gasteiger partial charge in [0.15, 0.2) is 17.3 Å². The maximum atomic E-state index is 10.5. The first-order valence-electron chi connectivity index (χ1n) is 39.6. The Morgan fingerprint density at radius 3 is 1.22 bits per heavy atom. The zero-order chi connectivity index (χ0) is 94.0. The van der Waals surface area contributed by atoms with Gasteiger partial charge in [0.05, 0.1) is 41.2 Å². The highest BCUT2D eigenvalue weighted by Gasteiger charge is 2.25. The number of hydrogen-bond donors (Lipinski definition) is 10. The van der Waals surface area contributed by atoms with E-state index in [9.17, 15) is 14.4 Å². The van der Waals surface area contributed by atoms with E-state index < -0.39 is 23.9 Å². The van der Waals surface area contributed by atoms with Crippen molar-refractivity contribution in [2.45, 2.75) is 257 Å². The number of H-pyrrole nitrogens is 5. The van der Waals surface area contributed by atoms with E-state index in [4.69, 9.17) is 39.6 Å². The second kappa shape index (κ2) is 46.0. The first-order valence-corrected chi connectivity index (χ1v) is 41.3. The van der Waals surface area contributed by atoms with Crippen LogP contribution in [0.1, 0.15) is 244 Å². The van der Waals surface area contributed by atoms with Crippen LogP contribution in [0.5, 0.6) is 0 Å². The molecule has 13 aromatic rings. The smallest absolute Gasteiger partial charge is 0.392 e. The summed E-state index contributed by atoms with van der Waals surface area (Å²) in [7, 11) is 3.78. The Morgan fingerprint density at radius 1 is 0.419 bits per heavy atom. The molecule has 29 nitrogen and oxygen atoms in total. The van der Waals surface area contributed by atoms with Crippen LogP contribution in [0.2, 0.25) is 0 Å². The van der Waals surface area contributed by atoms with Crippen LogP contribution < -0.4 is 4.57 Å². The number of nitrogens with one attached hydrogen (secondary N) is 5. The van der Waals surface area contributed by atoms with Crippen LogP contribution in [0.4, 0.5) is 0 Å². The topological polar surface area (TPSA) is 418 Å². The highest BCUT2D eigenvalue weighted by molar-refractivity contribution is 8.11. The number of aromatic nitrogens is 20. The van der Waals surface area contributed by atoms with Gasteiger partial charge in [-0.25, -0.2) is 68.8 Å². The molecule has 0 fully saturated rings. The first kappa shape index (κ1) is 106. The van der Waals surface area contributed by atoms with Gasteiger partial charge in [0, 0.05) is 88.1 Å². The average molecular weight is 1760 g/mol. The number of nitrogens with zero attached hydrogens (tertiary/aromatic N) is 15. The molecule has 0 unspecified atom stereocenters. The summed E-state index contributed by atoms with van der Waals surface area (Å²) < 4.78 is 9.21. The third-order valence-corrected chi connectivity index (χ3v) is 22.9. The predicted molar refractivity (Wildman–Crippen MR) is 501 cm³/mol. The Bertz CT molecular complexity index is 5880. The normalized spacial score (nSPS) is 10.3. The molecule has 9 N–H and O–H groups in total. The molecule has 0 aliphatic carbocycles. The second-order valence-corrected chi connectivity index (χ2v) is 33.4. The molecular weight excluding hydrogens is 1630 g/mol. The number of aryl methyl sites for hydroxylation is 18. The Kier molecular flexibility index (Phi) is 39.4. The average Bonchev–Trinajstić information content (AvgIpc) is 1.61. The summed E-state index contributed by atoms with van der Waals surface area (Å²) in [6.45, 7) is 71.7. The number of aromatic carboxylic acids is 3. The molecule has 0 atom stereocenters. The predicted octanol–water partition coefficient (Wildman–Crippen LogP) is 20.0. The van der Waals surface area contributed by atoms with Crippen molar-refractivity contribution in [2.75, 3.05) is 0 Å². The summed E-state index contributed by atoms with van der Waals surface area (Å²) >= 11 is 9.31. The first-order chi connectivity index (χ1) is 56.9. The third-order valence-electron chi connectivity index (χ3n) is 21.9. The standard InChI is InChI=1S/C15H21N3.2C14H19N3.C13H17N3.C12H16N4.C7H10N2O2.C6H7NO3.C6H7NO2S.C2H4O2.C2H4S2.CH4/c1-8-9(2)11(4)16-14(10(8)3)15-17-12(5)13(6)18(15)7;1-7-8(2)11(5)15-13(9(7)3)14-10(4)12(6)16-17-14;1-7-8(2)10(4)15-13(9(7)3)14-16-11(5)12(6)17-14;1-7-6-8(2)14-12(9(7)3)13-10(4)15-11(5)16-13;1-6-7(2)9(4)13-11(8(6)3)12-14-10(5)15-16-12;1-4-5(2)9(3)6(8-4)7(10)11;2*1-3-4(2)10-5(7-3)6(8)9;2*1-2(3)4;/h1-7H3;2*1-6H3,(H,16,17);6H,1-5H3,(H,15,16);1-5H3,(H,14,15,16);1-3H3,(H,10,11);2*1-2H3,(H,8,9);2*1H3,(H,3,4);1H4/p+1. The number of aromatic amines is 5. The summed E-state index contributed by atoms with van der Waals surface area (Å²) in [5, 5.41) is 47.5. The van der Waals surface area contributed by atoms with Crippen LogP contribution >= 0.6 is 36.2 Å². The lowest BCUT2D eigenvalue weighted by atomic mass is 9.99. The number of hydrogen-bond acceptors (Lipinski definition) is 20. The number of rotatable bonds is 8. The van der Waals surface area contributed by atoms with Crippen molar-refractivity contribution < 1.29 is 48.6 Å². The van der Waals surface area contributed by atoms with E-state index in [0.717, 1.165) is 149 Å². The van der Waals surface area contributed by atoms with E-state index in [1.165, 1.54) is 101 Å². The Hall–Kier alpha value is -11.9. The number of carboxylic acids is 4. The van der Waals surface area contributed by atoms with E-state index in [1.807, 2.05) is 76.2 Å². The van der Waals surface area contributed by atoms with Gasteiger partial charge in [-0.2, -0.15) is 10.2 Å². The number of thiazole rings is 1. The summed E-state index contributed by atoms with van der Waals surface area (Å²) in [6.07, 6.45) is 0. The summed E-state index contributed by atoms with van der Waals surface area (Å²) in [5.41, 5.74) is 40.9. The molecule has 668 valence electrons. The molecule has 0 saturated heterocycles. The maximum Gasteiger partial charge on any atom is 0.392 e. The van der Waals surface area contributed by atoms with Crippen LogP contribution in [0.15, 0.2) is 10.5 Å². The lowest BCUT2D eigenvalue weighted by molar-refractivity contribution is -0.665. The molecule has 0 amide bonds. The van der Waals surface area contributed by atoms with Gasteiger partial charge in [-0.3, -0.25) is 25.0 Å². The fraction of sp³-hybridized carbons (Fsp3) is 0.424. The van der Waals surface area contributed by atoms with Crippen molar-refractivity contribution in [2.24, 2.45) is 14.1 Å². The SMILES string of the molecule is C.CC(=O)O.CC(=S)S.Cc1cc(C)c(C)c(-c2nc(C)[nH]c2C)n1.Cc1nc(-c2[nH]c(C)c(C)[n+]2C)c(C)c(C)c1C.Cc1nc(-c2n[nH]c(C)c2C)c(C)c(C)c1C.Cc1nc(-c2nc(C)c(C)c(C)c2C)[nH]c1C.Cc1nc(-c2nc(C)c(C)c(C)c2C)n[nH]1.Cc1nc(C(=O)O)n(C)c1C.Cc1nc(C(=O)O)oc1C.Cc1nc(C(=O)O)sc1C. The number of pyridine rings is 5. The number of thiol groups is 1. The van der Waals surface area contributed by atoms with Crippen molar-refractivity contribution in [3.8, 4) is 57.3 Å².